The first-order valence-corrected chi connectivity index (χ1v) is 8.59. The van der Waals surface area contributed by atoms with Gasteiger partial charge in [0.1, 0.15) is 5.70 Å². The van der Waals surface area contributed by atoms with Crippen LogP contribution in [-0.2, 0) is 14.3 Å². The van der Waals surface area contributed by atoms with E-state index in [1.54, 1.807) is 0 Å². The highest BCUT2D eigenvalue weighted by Crippen LogP contribution is 2.42. The molecule has 1 aliphatic carbocycles. The zero-order valence-corrected chi connectivity index (χ0v) is 13.9. The third-order valence-corrected chi connectivity index (χ3v) is 4.98. The maximum Gasteiger partial charge on any atom is 0.352 e. The molecule has 4 atom stereocenters. The second-order valence-electron chi connectivity index (χ2n) is 6.41. The molecule has 3 N–H and O–H groups in total. The normalized spacial score (nSPS) is 28.2. The SMILES string of the molecule is CCCCO[C@@H]1CCC[C@@H]2C1=C(C(=O)O)N[C@@H]2[C@H](CC)C(=O)O. The van der Waals surface area contributed by atoms with Gasteiger partial charge in [0.15, 0.2) is 0 Å². The lowest BCUT2D eigenvalue weighted by molar-refractivity contribution is -0.143. The van der Waals surface area contributed by atoms with Gasteiger partial charge in [0.05, 0.1) is 12.0 Å². The van der Waals surface area contributed by atoms with Crippen LogP contribution in [0, 0.1) is 11.8 Å². The molecule has 2 aliphatic rings. The van der Waals surface area contributed by atoms with Gasteiger partial charge < -0.3 is 20.3 Å². The van der Waals surface area contributed by atoms with Gasteiger partial charge in [0.2, 0.25) is 0 Å². The van der Waals surface area contributed by atoms with E-state index < -0.39 is 17.9 Å². The third kappa shape index (κ3) is 3.68. The first-order valence-electron chi connectivity index (χ1n) is 8.59. The molecular formula is C17H27NO5. The average Bonchev–Trinajstić information content (AvgIpc) is 2.89. The van der Waals surface area contributed by atoms with Gasteiger partial charge in [-0.25, -0.2) is 4.79 Å². The summed E-state index contributed by atoms with van der Waals surface area (Å²) in [5.41, 5.74) is 0.949. The van der Waals surface area contributed by atoms with Crippen molar-refractivity contribution in [3.8, 4) is 0 Å². The highest BCUT2D eigenvalue weighted by Gasteiger charge is 2.47. The van der Waals surface area contributed by atoms with E-state index in [0.717, 1.165) is 37.7 Å². The first kappa shape index (κ1) is 17.8. The molecule has 0 aromatic carbocycles. The van der Waals surface area contributed by atoms with Crippen LogP contribution in [0.4, 0.5) is 0 Å². The number of carboxylic acids is 2. The molecule has 0 amide bonds. The summed E-state index contributed by atoms with van der Waals surface area (Å²) in [4.78, 5) is 23.2. The van der Waals surface area contributed by atoms with Crippen LogP contribution >= 0.6 is 0 Å². The topological polar surface area (TPSA) is 95.9 Å². The highest BCUT2D eigenvalue weighted by atomic mass is 16.5. The molecule has 0 saturated heterocycles. The summed E-state index contributed by atoms with van der Waals surface area (Å²) in [5, 5.41) is 22.0. The molecular weight excluding hydrogens is 298 g/mol. The Morgan fingerprint density at radius 1 is 1.30 bits per heavy atom. The number of unbranched alkanes of at least 4 members (excludes halogenated alkanes) is 1. The predicted molar refractivity (Wildman–Crippen MR) is 85.0 cm³/mol. The van der Waals surface area contributed by atoms with Gasteiger partial charge in [-0.15, -0.1) is 0 Å². The predicted octanol–water partition coefficient (Wildman–Crippen LogP) is 2.39. The second-order valence-corrected chi connectivity index (χ2v) is 6.41. The van der Waals surface area contributed by atoms with E-state index >= 15 is 0 Å². The summed E-state index contributed by atoms with van der Waals surface area (Å²) < 4.78 is 5.93. The van der Waals surface area contributed by atoms with E-state index in [1.165, 1.54) is 0 Å². The molecule has 23 heavy (non-hydrogen) atoms. The smallest absolute Gasteiger partial charge is 0.352 e. The van der Waals surface area contributed by atoms with Gasteiger partial charge in [0, 0.05) is 18.6 Å². The molecule has 0 spiro atoms. The summed E-state index contributed by atoms with van der Waals surface area (Å²) in [7, 11) is 0. The van der Waals surface area contributed by atoms with E-state index in [-0.39, 0.29) is 23.8 Å². The van der Waals surface area contributed by atoms with Crippen LogP contribution in [0.5, 0.6) is 0 Å². The third-order valence-electron chi connectivity index (χ3n) is 4.98. The first-order chi connectivity index (χ1) is 11.0. The van der Waals surface area contributed by atoms with Crippen molar-refractivity contribution < 1.29 is 24.5 Å². The fourth-order valence-electron chi connectivity index (χ4n) is 3.83. The van der Waals surface area contributed by atoms with Crippen molar-refractivity contribution in [1.29, 1.82) is 0 Å². The fraction of sp³-hybridized carbons (Fsp3) is 0.765. The summed E-state index contributed by atoms with van der Waals surface area (Å²) in [6, 6.07) is -0.351. The number of hydrogen-bond donors (Lipinski definition) is 3. The zero-order valence-electron chi connectivity index (χ0n) is 13.9. The van der Waals surface area contributed by atoms with Crippen LogP contribution in [0.25, 0.3) is 0 Å². The Labute approximate surface area is 136 Å². The van der Waals surface area contributed by atoms with Crippen LogP contribution in [-0.4, -0.2) is 40.9 Å². The lowest BCUT2D eigenvalue weighted by Crippen LogP contribution is -2.42. The number of rotatable bonds is 8. The van der Waals surface area contributed by atoms with E-state index in [9.17, 15) is 19.8 Å². The van der Waals surface area contributed by atoms with Crippen molar-refractivity contribution in [2.75, 3.05) is 6.61 Å². The van der Waals surface area contributed by atoms with E-state index in [2.05, 4.69) is 12.2 Å². The summed E-state index contributed by atoms with van der Waals surface area (Å²) in [6.45, 7) is 4.53. The number of aliphatic carboxylic acids is 2. The molecule has 6 heteroatoms. The number of carboxylic acid groups (broad SMARTS) is 2. The quantitative estimate of drug-likeness (QED) is 0.593. The van der Waals surface area contributed by atoms with E-state index in [4.69, 9.17) is 4.74 Å². The van der Waals surface area contributed by atoms with Crippen molar-refractivity contribution in [1.82, 2.24) is 5.32 Å². The van der Waals surface area contributed by atoms with Gasteiger partial charge >= 0.3 is 11.9 Å². The lowest BCUT2D eigenvalue weighted by atomic mass is 9.75. The maximum absolute atomic E-state index is 11.6. The van der Waals surface area contributed by atoms with Crippen molar-refractivity contribution >= 4 is 11.9 Å². The van der Waals surface area contributed by atoms with Crippen LogP contribution in [0.2, 0.25) is 0 Å². The zero-order chi connectivity index (χ0) is 17.0. The average molecular weight is 325 g/mol. The Morgan fingerprint density at radius 3 is 2.61 bits per heavy atom. The molecule has 0 radical (unpaired) electrons. The molecule has 2 rings (SSSR count). The monoisotopic (exact) mass is 325 g/mol. The Morgan fingerprint density at radius 2 is 2.04 bits per heavy atom. The van der Waals surface area contributed by atoms with E-state index in [0.29, 0.717) is 13.0 Å². The second kappa shape index (κ2) is 7.81. The van der Waals surface area contributed by atoms with Crippen molar-refractivity contribution in [2.24, 2.45) is 11.8 Å². The van der Waals surface area contributed by atoms with Gasteiger partial charge in [-0.05, 0) is 37.7 Å². The van der Waals surface area contributed by atoms with Gasteiger partial charge in [-0.2, -0.15) is 0 Å². The number of nitrogens with one attached hydrogen (secondary N) is 1. The minimum absolute atomic E-state index is 0.0532. The van der Waals surface area contributed by atoms with Crippen molar-refractivity contribution in [3.05, 3.63) is 11.3 Å². The van der Waals surface area contributed by atoms with Crippen LogP contribution in [0.15, 0.2) is 11.3 Å². The Hall–Kier alpha value is -1.56. The summed E-state index contributed by atoms with van der Waals surface area (Å²) in [6.07, 6.45) is 4.82. The Bertz CT molecular complexity index is 487. The Balaban J connectivity index is 2.25. The maximum atomic E-state index is 11.6. The standard InChI is InChI=1S/C17H27NO5/c1-3-5-9-23-12-8-6-7-11-13(12)15(17(21)22)18-14(11)10(4-2)16(19)20/h10-12,14,18H,3-9H2,1-2H3,(H,19,20)(H,21,22)/t10-,11+,12+,14+/m0/s1. The molecule has 1 fully saturated rings. The molecule has 0 aromatic heterocycles. The molecule has 0 aromatic rings. The number of carbonyl (C=O) groups is 2. The minimum Gasteiger partial charge on any atom is -0.481 e. The molecule has 0 unspecified atom stereocenters. The van der Waals surface area contributed by atoms with Gasteiger partial charge in [0.25, 0.3) is 0 Å². The summed E-state index contributed by atoms with van der Waals surface area (Å²) in [5.74, 6) is -2.52. The molecule has 1 saturated carbocycles. The van der Waals surface area contributed by atoms with Gasteiger partial charge in [-0.3, -0.25) is 4.79 Å². The van der Waals surface area contributed by atoms with Crippen molar-refractivity contribution in [2.45, 2.75) is 64.5 Å². The van der Waals surface area contributed by atoms with Crippen LogP contribution in [0.3, 0.4) is 0 Å². The lowest BCUT2D eigenvalue weighted by Gasteiger charge is -2.33. The van der Waals surface area contributed by atoms with Crippen LogP contribution < -0.4 is 5.32 Å². The number of ether oxygens (including phenoxy) is 1. The van der Waals surface area contributed by atoms with Gasteiger partial charge in [-0.1, -0.05) is 20.3 Å². The molecule has 0 bridgehead atoms. The fourth-order valence-corrected chi connectivity index (χ4v) is 3.83. The molecule has 1 aliphatic heterocycles. The summed E-state index contributed by atoms with van der Waals surface area (Å²) >= 11 is 0. The number of fused-ring (bicyclic) bond motifs is 1. The molecule has 130 valence electrons. The number of hydrogen-bond acceptors (Lipinski definition) is 4. The molecule has 6 nitrogen and oxygen atoms in total. The Kier molecular flexibility index (Phi) is 6.04. The van der Waals surface area contributed by atoms with Crippen LogP contribution in [0.1, 0.15) is 52.4 Å². The van der Waals surface area contributed by atoms with Crippen molar-refractivity contribution in [3.63, 3.8) is 0 Å². The largest absolute Gasteiger partial charge is 0.481 e. The highest BCUT2D eigenvalue weighted by molar-refractivity contribution is 5.88. The minimum atomic E-state index is -1.02. The molecule has 1 heterocycles. The van der Waals surface area contributed by atoms with E-state index in [1.807, 2.05) is 6.92 Å².